The van der Waals surface area contributed by atoms with Gasteiger partial charge in [-0.3, -0.25) is 14.4 Å². The van der Waals surface area contributed by atoms with Gasteiger partial charge in [0.05, 0.1) is 17.1 Å². The van der Waals surface area contributed by atoms with Gasteiger partial charge in [0.25, 0.3) is 5.91 Å². The van der Waals surface area contributed by atoms with Crippen LogP contribution < -0.4 is 16.0 Å². The van der Waals surface area contributed by atoms with Crippen molar-refractivity contribution in [2.24, 2.45) is 5.92 Å². The minimum absolute atomic E-state index is 0.157. The molecule has 1 aromatic carbocycles. The Morgan fingerprint density at radius 1 is 1.17 bits per heavy atom. The number of halogens is 2. The molecule has 0 aliphatic rings. The number of hydrogen-bond acceptors (Lipinski definition) is 3. The van der Waals surface area contributed by atoms with Crippen LogP contribution in [0.4, 0.5) is 0 Å². The van der Waals surface area contributed by atoms with Crippen LogP contribution in [0, 0.1) is 5.92 Å². The first-order valence-corrected chi connectivity index (χ1v) is 7.76. The normalized spacial score (nSPS) is 11.7. The Kier molecular flexibility index (Phi) is 7.32. The van der Waals surface area contributed by atoms with Gasteiger partial charge in [0.1, 0.15) is 6.04 Å². The van der Waals surface area contributed by atoms with Gasteiger partial charge in [-0.15, -0.1) is 0 Å². The van der Waals surface area contributed by atoms with Crippen molar-refractivity contribution in [1.29, 1.82) is 0 Å². The van der Waals surface area contributed by atoms with Crippen LogP contribution in [0.5, 0.6) is 0 Å². The zero-order valence-corrected chi connectivity index (χ0v) is 14.6. The molecule has 0 radical (unpaired) electrons. The van der Waals surface area contributed by atoms with Gasteiger partial charge in [0.15, 0.2) is 0 Å². The number of nitrogens with one attached hydrogen (secondary N) is 3. The first kappa shape index (κ1) is 19.3. The molecule has 0 saturated heterocycles. The third-order valence-corrected chi connectivity index (χ3v) is 3.66. The maximum absolute atomic E-state index is 12.3. The number of rotatable bonds is 6. The van der Waals surface area contributed by atoms with Crippen LogP contribution >= 0.6 is 23.2 Å². The summed E-state index contributed by atoms with van der Waals surface area (Å²) in [7, 11) is 1.47. The van der Waals surface area contributed by atoms with Crippen molar-refractivity contribution < 1.29 is 14.4 Å². The number of likely N-dealkylation sites (N-methyl/N-ethyl adjacent to an activating group) is 1. The highest BCUT2D eigenvalue weighted by Gasteiger charge is 2.25. The zero-order chi connectivity index (χ0) is 17.6. The molecule has 1 unspecified atom stereocenters. The second kappa shape index (κ2) is 8.74. The summed E-state index contributed by atoms with van der Waals surface area (Å²) in [5, 5.41) is 8.11. The molecule has 0 bridgehead atoms. The van der Waals surface area contributed by atoms with Crippen molar-refractivity contribution in [2.45, 2.75) is 19.9 Å². The number of benzene rings is 1. The number of hydrogen-bond donors (Lipinski definition) is 3. The first-order valence-electron chi connectivity index (χ1n) is 7.00. The van der Waals surface area contributed by atoms with E-state index in [0.29, 0.717) is 5.02 Å². The van der Waals surface area contributed by atoms with E-state index in [4.69, 9.17) is 23.2 Å². The molecule has 6 nitrogen and oxygen atoms in total. The second-order valence-corrected chi connectivity index (χ2v) is 6.05. The smallest absolute Gasteiger partial charge is 0.253 e. The highest BCUT2D eigenvalue weighted by molar-refractivity contribution is 6.36. The van der Waals surface area contributed by atoms with E-state index in [2.05, 4.69) is 16.0 Å². The Morgan fingerprint density at radius 2 is 1.83 bits per heavy atom. The molecule has 3 amide bonds. The fourth-order valence-electron chi connectivity index (χ4n) is 1.79. The molecule has 0 aliphatic heterocycles. The van der Waals surface area contributed by atoms with Crippen molar-refractivity contribution in [2.75, 3.05) is 13.6 Å². The molecule has 1 atom stereocenters. The zero-order valence-electron chi connectivity index (χ0n) is 13.1. The van der Waals surface area contributed by atoms with E-state index < -0.39 is 17.9 Å². The third-order valence-electron chi connectivity index (χ3n) is 3.11. The Balaban J connectivity index is 2.80. The van der Waals surface area contributed by atoms with Gasteiger partial charge in [0.2, 0.25) is 11.8 Å². The Hall–Kier alpha value is -1.79. The number of carbonyl (C=O) groups excluding carboxylic acids is 3. The van der Waals surface area contributed by atoms with Gasteiger partial charge < -0.3 is 16.0 Å². The summed E-state index contributed by atoms with van der Waals surface area (Å²) in [5.74, 6) is -1.43. The lowest BCUT2D eigenvalue weighted by molar-refractivity contribution is -0.127. The first-order chi connectivity index (χ1) is 10.8. The van der Waals surface area contributed by atoms with Crippen molar-refractivity contribution in [1.82, 2.24) is 16.0 Å². The quantitative estimate of drug-likeness (QED) is 0.720. The Bertz CT molecular complexity index is 606. The topological polar surface area (TPSA) is 87.3 Å². The molecule has 3 N–H and O–H groups in total. The minimum atomic E-state index is -0.793. The monoisotopic (exact) mass is 359 g/mol. The van der Waals surface area contributed by atoms with Gasteiger partial charge >= 0.3 is 0 Å². The molecule has 126 valence electrons. The molecule has 1 aromatic rings. The van der Waals surface area contributed by atoms with Crippen molar-refractivity contribution in [3.05, 3.63) is 33.8 Å². The van der Waals surface area contributed by atoms with Crippen molar-refractivity contribution >= 4 is 40.9 Å². The summed E-state index contributed by atoms with van der Waals surface area (Å²) in [4.78, 5) is 35.6. The average molecular weight is 360 g/mol. The predicted octanol–water partition coefficient (Wildman–Crippen LogP) is 1.61. The van der Waals surface area contributed by atoms with E-state index in [1.807, 2.05) is 0 Å². The standard InChI is InChI=1S/C15H19Cl2N3O3/c1-8(2)13(15(23)19-7-12(21)18-3)20-14(22)10-5-4-9(16)6-11(10)17/h4-6,8,13H,7H2,1-3H3,(H,18,21)(H,19,23)(H,20,22). The number of amides is 3. The van der Waals surface area contributed by atoms with Gasteiger partial charge in [-0.2, -0.15) is 0 Å². The molecule has 0 saturated carbocycles. The third kappa shape index (κ3) is 5.73. The molecular weight excluding hydrogens is 341 g/mol. The highest BCUT2D eigenvalue weighted by Crippen LogP contribution is 2.21. The van der Waals surface area contributed by atoms with Crippen LogP contribution in [-0.4, -0.2) is 37.4 Å². The number of carbonyl (C=O) groups is 3. The SMILES string of the molecule is CNC(=O)CNC(=O)C(NC(=O)c1ccc(Cl)cc1Cl)C(C)C. The summed E-state index contributed by atoms with van der Waals surface area (Å²) in [6, 6.07) is 3.69. The van der Waals surface area contributed by atoms with E-state index in [-0.39, 0.29) is 29.0 Å². The van der Waals surface area contributed by atoms with Crippen LogP contribution in [0.15, 0.2) is 18.2 Å². The van der Waals surface area contributed by atoms with Crippen LogP contribution in [0.2, 0.25) is 10.0 Å². The Labute approximate surface area is 144 Å². The summed E-state index contributed by atoms with van der Waals surface area (Å²) < 4.78 is 0. The minimum Gasteiger partial charge on any atom is -0.358 e. The molecule has 8 heteroatoms. The van der Waals surface area contributed by atoms with E-state index in [1.54, 1.807) is 19.9 Å². The van der Waals surface area contributed by atoms with Crippen LogP contribution in [0.1, 0.15) is 24.2 Å². The summed E-state index contributed by atoms with van der Waals surface area (Å²) in [6.45, 7) is 3.41. The summed E-state index contributed by atoms with van der Waals surface area (Å²) >= 11 is 11.8. The van der Waals surface area contributed by atoms with Gasteiger partial charge in [-0.1, -0.05) is 37.0 Å². The average Bonchev–Trinajstić information content (AvgIpc) is 2.49. The molecule has 0 fully saturated rings. The van der Waals surface area contributed by atoms with Crippen LogP contribution in [0.3, 0.4) is 0 Å². The molecule has 0 aliphatic carbocycles. The lowest BCUT2D eigenvalue weighted by atomic mass is 10.0. The maximum atomic E-state index is 12.3. The van der Waals surface area contributed by atoms with Gasteiger partial charge in [0, 0.05) is 12.1 Å². The van der Waals surface area contributed by atoms with E-state index >= 15 is 0 Å². The van der Waals surface area contributed by atoms with Gasteiger partial charge in [-0.25, -0.2) is 0 Å². The predicted molar refractivity (Wildman–Crippen MR) is 89.6 cm³/mol. The molecule has 0 aromatic heterocycles. The maximum Gasteiger partial charge on any atom is 0.253 e. The van der Waals surface area contributed by atoms with E-state index in [0.717, 1.165) is 0 Å². The molecule has 1 rings (SSSR count). The van der Waals surface area contributed by atoms with Crippen LogP contribution in [0.25, 0.3) is 0 Å². The Morgan fingerprint density at radius 3 is 2.35 bits per heavy atom. The lowest BCUT2D eigenvalue weighted by Gasteiger charge is -2.21. The van der Waals surface area contributed by atoms with E-state index in [9.17, 15) is 14.4 Å². The second-order valence-electron chi connectivity index (χ2n) is 5.21. The van der Waals surface area contributed by atoms with Crippen LogP contribution in [-0.2, 0) is 9.59 Å². The molecule has 23 heavy (non-hydrogen) atoms. The van der Waals surface area contributed by atoms with E-state index in [1.165, 1.54) is 19.2 Å². The largest absolute Gasteiger partial charge is 0.358 e. The summed E-state index contributed by atoms with van der Waals surface area (Å²) in [5.41, 5.74) is 0.223. The molecular formula is C15H19Cl2N3O3. The highest BCUT2D eigenvalue weighted by atomic mass is 35.5. The molecule has 0 heterocycles. The van der Waals surface area contributed by atoms with Gasteiger partial charge in [-0.05, 0) is 24.1 Å². The van der Waals surface area contributed by atoms with Crippen molar-refractivity contribution in [3.8, 4) is 0 Å². The van der Waals surface area contributed by atoms with Crippen molar-refractivity contribution in [3.63, 3.8) is 0 Å². The fourth-order valence-corrected chi connectivity index (χ4v) is 2.29. The summed E-state index contributed by atoms with van der Waals surface area (Å²) in [6.07, 6.45) is 0. The molecule has 0 spiro atoms. The fraction of sp³-hybridized carbons (Fsp3) is 0.400. The lowest BCUT2D eigenvalue weighted by Crippen LogP contribution is -2.51.